The van der Waals surface area contributed by atoms with Crippen molar-refractivity contribution in [2.45, 2.75) is 19.8 Å². The molecule has 0 atom stereocenters. The molecule has 1 rings (SSSR count). The number of amides is 1. The molecule has 0 saturated carbocycles. The number of carbonyl (C=O) groups is 2. The number of hydrogen-bond donors (Lipinski definition) is 0. The number of nitrogens with zero attached hydrogens (tertiary/aromatic N) is 1. The fraction of sp³-hybridized carbons (Fsp3) is 0.556. The summed E-state index contributed by atoms with van der Waals surface area (Å²) >= 11 is 0. The molecule has 0 aromatic rings. The van der Waals surface area contributed by atoms with E-state index in [0.29, 0.717) is 13.0 Å². The third-order valence-electron chi connectivity index (χ3n) is 1.86. The molecule has 1 amide bonds. The molecule has 0 N–H and O–H groups in total. The second-order valence-electron chi connectivity index (χ2n) is 3.13. The van der Waals surface area contributed by atoms with Gasteiger partial charge in [0.2, 0.25) is 5.91 Å². The van der Waals surface area contributed by atoms with E-state index in [4.69, 9.17) is 0 Å². The van der Waals surface area contributed by atoms with Crippen molar-refractivity contribution in [3.8, 4) is 0 Å². The highest BCUT2D eigenvalue weighted by atomic mass is 19.1. The topological polar surface area (TPSA) is 37.4 Å². The van der Waals surface area contributed by atoms with E-state index in [9.17, 15) is 14.0 Å². The predicted octanol–water partition coefficient (Wildman–Crippen LogP) is 1.05. The molecule has 0 aliphatic carbocycles. The molecular formula is C9H12FNO2. The smallest absolute Gasteiger partial charge is 0.230 e. The summed E-state index contributed by atoms with van der Waals surface area (Å²) in [4.78, 5) is 23.3. The van der Waals surface area contributed by atoms with Crippen LogP contribution in [0.4, 0.5) is 4.39 Å². The van der Waals surface area contributed by atoms with E-state index in [0.717, 1.165) is 0 Å². The second kappa shape index (κ2) is 4.16. The van der Waals surface area contributed by atoms with Gasteiger partial charge in [0.05, 0.1) is 13.0 Å². The number of Topliss-reactive ketones (excluding diaryl/α,β-unsaturated/α-hetero) is 1. The van der Waals surface area contributed by atoms with Crippen LogP contribution in [0, 0.1) is 0 Å². The molecule has 1 heterocycles. The zero-order valence-electron chi connectivity index (χ0n) is 7.55. The van der Waals surface area contributed by atoms with Crippen molar-refractivity contribution in [3.05, 3.63) is 11.9 Å². The lowest BCUT2D eigenvalue weighted by Gasteiger charge is -2.23. The van der Waals surface area contributed by atoms with Crippen molar-refractivity contribution in [1.29, 1.82) is 0 Å². The molecule has 3 nitrogen and oxygen atoms in total. The molecule has 1 aliphatic rings. The average molecular weight is 185 g/mol. The first-order valence-electron chi connectivity index (χ1n) is 4.21. The van der Waals surface area contributed by atoms with E-state index in [1.54, 1.807) is 0 Å². The van der Waals surface area contributed by atoms with Crippen LogP contribution in [-0.2, 0) is 9.59 Å². The molecule has 0 aromatic heterocycles. The van der Waals surface area contributed by atoms with Crippen LogP contribution in [0.2, 0.25) is 0 Å². The minimum Gasteiger partial charge on any atom is -0.335 e. The number of halogens is 1. The van der Waals surface area contributed by atoms with Gasteiger partial charge in [0.1, 0.15) is 11.6 Å². The van der Waals surface area contributed by atoms with Crippen LogP contribution in [0.3, 0.4) is 0 Å². The monoisotopic (exact) mass is 185 g/mol. The molecule has 72 valence electrons. The van der Waals surface area contributed by atoms with Gasteiger partial charge in [0, 0.05) is 6.54 Å². The van der Waals surface area contributed by atoms with E-state index in [1.165, 1.54) is 17.9 Å². The Morgan fingerprint density at radius 2 is 2.31 bits per heavy atom. The average Bonchev–Trinajstić information content (AvgIpc) is 2.03. The summed E-state index contributed by atoms with van der Waals surface area (Å²) in [5.41, 5.74) is 0. The van der Waals surface area contributed by atoms with Crippen molar-refractivity contribution in [1.82, 2.24) is 4.90 Å². The lowest BCUT2D eigenvalue weighted by molar-refractivity contribution is -0.134. The number of ketones is 1. The van der Waals surface area contributed by atoms with Gasteiger partial charge in [-0.3, -0.25) is 9.59 Å². The first kappa shape index (κ1) is 9.89. The van der Waals surface area contributed by atoms with E-state index >= 15 is 0 Å². The van der Waals surface area contributed by atoms with Gasteiger partial charge in [-0.1, -0.05) is 0 Å². The van der Waals surface area contributed by atoms with Gasteiger partial charge in [0.25, 0.3) is 0 Å². The van der Waals surface area contributed by atoms with Gasteiger partial charge in [0.15, 0.2) is 0 Å². The summed E-state index contributed by atoms with van der Waals surface area (Å²) in [6.45, 7) is 1.89. The van der Waals surface area contributed by atoms with Crippen LogP contribution < -0.4 is 0 Å². The van der Waals surface area contributed by atoms with Crippen LogP contribution in [0.15, 0.2) is 11.9 Å². The SMILES string of the molecule is CC(=O)CC(=O)N1CCC=C(F)C1. The Hall–Kier alpha value is -1.19. The van der Waals surface area contributed by atoms with Crippen molar-refractivity contribution in [2.75, 3.05) is 13.1 Å². The second-order valence-corrected chi connectivity index (χ2v) is 3.13. The third kappa shape index (κ3) is 2.97. The Bertz CT molecular complexity index is 260. The highest BCUT2D eigenvalue weighted by Gasteiger charge is 2.18. The molecule has 0 saturated heterocycles. The Kier molecular flexibility index (Phi) is 3.17. The molecule has 4 heteroatoms. The van der Waals surface area contributed by atoms with Crippen molar-refractivity contribution in [2.24, 2.45) is 0 Å². The molecule has 0 fully saturated rings. The first-order valence-corrected chi connectivity index (χ1v) is 4.21. The number of carbonyl (C=O) groups excluding carboxylic acids is 2. The highest BCUT2D eigenvalue weighted by Crippen LogP contribution is 2.11. The van der Waals surface area contributed by atoms with Gasteiger partial charge in [-0.15, -0.1) is 0 Å². The summed E-state index contributed by atoms with van der Waals surface area (Å²) in [6, 6.07) is 0. The standard InChI is InChI=1S/C9H12FNO2/c1-7(12)5-9(13)11-4-2-3-8(10)6-11/h3H,2,4-6H2,1H3. The lowest BCUT2D eigenvalue weighted by Crippen LogP contribution is -2.35. The van der Waals surface area contributed by atoms with Gasteiger partial charge < -0.3 is 4.90 Å². The zero-order chi connectivity index (χ0) is 9.84. The summed E-state index contributed by atoms with van der Waals surface area (Å²) in [5, 5.41) is 0. The number of rotatable bonds is 2. The maximum absolute atomic E-state index is 12.7. The van der Waals surface area contributed by atoms with Crippen LogP contribution in [-0.4, -0.2) is 29.7 Å². The quantitative estimate of drug-likeness (QED) is 0.603. The Morgan fingerprint density at radius 3 is 2.85 bits per heavy atom. The maximum atomic E-state index is 12.7. The number of hydrogen-bond acceptors (Lipinski definition) is 2. The van der Waals surface area contributed by atoms with E-state index in [2.05, 4.69) is 0 Å². The molecule has 0 bridgehead atoms. The minimum atomic E-state index is -0.289. The van der Waals surface area contributed by atoms with Crippen molar-refractivity contribution >= 4 is 11.7 Å². The molecule has 0 spiro atoms. The summed E-state index contributed by atoms with van der Waals surface area (Å²) in [6.07, 6.45) is 1.89. The largest absolute Gasteiger partial charge is 0.335 e. The predicted molar refractivity (Wildman–Crippen MR) is 45.7 cm³/mol. The molecular weight excluding hydrogens is 173 g/mol. The Balaban J connectivity index is 2.49. The fourth-order valence-corrected chi connectivity index (χ4v) is 1.24. The summed E-state index contributed by atoms with van der Waals surface area (Å²) in [7, 11) is 0. The van der Waals surface area contributed by atoms with Gasteiger partial charge in [-0.25, -0.2) is 4.39 Å². The van der Waals surface area contributed by atoms with Crippen LogP contribution in [0.1, 0.15) is 19.8 Å². The van der Waals surface area contributed by atoms with E-state index in [1.807, 2.05) is 0 Å². The third-order valence-corrected chi connectivity index (χ3v) is 1.86. The summed E-state index contributed by atoms with van der Waals surface area (Å²) < 4.78 is 12.7. The van der Waals surface area contributed by atoms with Crippen molar-refractivity contribution in [3.63, 3.8) is 0 Å². The lowest BCUT2D eigenvalue weighted by atomic mass is 10.2. The Labute approximate surface area is 76.2 Å². The molecule has 0 unspecified atom stereocenters. The van der Waals surface area contributed by atoms with Crippen LogP contribution in [0.5, 0.6) is 0 Å². The van der Waals surface area contributed by atoms with Gasteiger partial charge in [-0.2, -0.15) is 0 Å². The molecule has 0 aromatic carbocycles. The minimum absolute atomic E-state index is 0.0200. The fourth-order valence-electron chi connectivity index (χ4n) is 1.24. The van der Waals surface area contributed by atoms with Crippen molar-refractivity contribution < 1.29 is 14.0 Å². The zero-order valence-corrected chi connectivity index (χ0v) is 7.55. The Morgan fingerprint density at radius 1 is 1.62 bits per heavy atom. The summed E-state index contributed by atoms with van der Waals surface area (Å²) in [5.74, 6) is -0.751. The van der Waals surface area contributed by atoms with E-state index < -0.39 is 0 Å². The van der Waals surface area contributed by atoms with Crippen LogP contribution in [0.25, 0.3) is 0 Å². The van der Waals surface area contributed by atoms with Gasteiger partial charge in [-0.05, 0) is 19.4 Å². The van der Waals surface area contributed by atoms with E-state index in [-0.39, 0.29) is 30.5 Å². The molecule has 1 aliphatic heterocycles. The van der Waals surface area contributed by atoms with Crippen LogP contribution >= 0.6 is 0 Å². The normalized spacial score (nSPS) is 16.8. The highest BCUT2D eigenvalue weighted by molar-refractivity contribution is 5.96. The molecule has 13 heavy (non-hydrogen) atoms. The molecule has 0 radical (unpaired) electrons. The first-order chi connectivity index (χ1) is 6.09. The van der Waals surface area contributed by atoms with Gasteiger partial charge >= 0.3 is 0 Å². The maximum Gasteiger partial charge on any atom is 0.230 e.